The molecular formula is C22H28N2O2S. The Morgan fingerprint density at radius 3 is 2.70 bits per heavy atom. The molecule has 1 spiro atoms. The summed E-state index contributed by atoms with van der Waals surface area (Å²) < 4.78 is 6.31. The van der Waals surface area contributed by atoms with Gasteiger partial charge in [0.2, 0.25) is 5.91 Å². The molecule has 0 bridgehead atoms. The third-order valence-corrected chi connectivity index (χ3v) is 6.78. The number of hydrogen-bond donors (Lipinski definition) is 0. The standard InChI is InChI=1S/C22H28N2O2S/c1-23(15-18-5-3-2-4-6-18)20-14-22(26-16-20)8-10-24(11-9-22)21(25)13-19-7-12-27-17-19/h2-7,12,17,20H,8-11,13-16H2,1H3/t20-/m1/s1. The fraction of sp³-hybridized carbons (Fsp3) is 0.500. The third kappa shape index (κ3) is 4.42. The van der Waals surface area contributed by atoms with E-state index in [9.17, 15) is 4.79 Å². The van der Waals surface area contributed by atoms with Crippen molar-refractivity contribution < 1.29 is 9.53 Å². The zero-order valence-electron chi connectivity index (χ0n) is 16.0. The predicted octanol–water partition coefficient (Wildman–Crippen LogP) is 3.57. The minimum absolute atomic E-state index is 0.0330. The highest BCUT2D eigenvalue weighted by atomic mass is 32.1. The molecule has 2 aromatic rings. The first kappa shape index (κ1) is 18.7. The number of thiophene rings is 1. The lowest BCUT2D eigenvalue weighted by atomic mass is 9.87. The molecule has 144 valence electrons. The number of piperidine rings is 1. The molecule has 2 saturated heterocycles. The first-order valence-electron chi connectivity index (χ1n) is 9.81. The van der Waals surface area contributed by atoms with Gasteiger partial charge in [-0.1, -0.05) is 30.3 Å². The Morgan fingerprint density at radius 2 is 2.00 bits per heavy atom. The Morgan fingerprint density at radius 1 is 1.22 bits per heavy atom. The van der Waals surface area contributed by atoms with Gasteiger partial charge in [0.1, 0.15) is 0 Å². The summed E-state index contributed by atoms with van der Waals surface area (Å²) in [7, 11) is 2.19. The number of carbonyl (C=O) groups excluding carboxylic acids is 1. The van der Waals surface area contributed by atoms with Gasteiger partial charge in [-0.15, -0.1) is 0 Å². The largest absolute Gasteiger partial charge is 0.373 e. The van der Waals surface area contributed by atoms with Crippen molar-refractivity contribution in [2.75, 3.05) is 26.7 Å². The van der Waals surface area contributed by atoms with E-state index in [1.54, 1.807) is 11.3 Å². The van der Waals surface area contributed by atoms with Crippen LogP contribution in [0.5, 0.6) is 0 Å². The van der Waals surface area contributed by atoms with Crippen molar-refractivity contribution in [2.45, 2.75) is 43.9 Å². The Bertz CT molecular complexity index is 739. The van der Waals surface area contributed by atoms with Gasteiger partial charge >= 0.3 is 0 Å². The fourth-order valence-corrected chi connectivity index (χ4v) is 4.96. The molecule has 1 amide bonds. The van der Waals surface area contributed by atoms with Crippen molar-refractivity contribution in [1.82, 2.24) is 9.80 Å². The summed E-state index contributed by atoms with van der Waals surface area (Å²) in [6.45, 7) is 3.39. The summed E-state index contributed by atoms with van der Waals surface area (Å²) in [6, 6.07) is 13.1. The normalized spacial score (nSPS) is 21.9. The number of nitrogens with zero attached hydrogens (tertiary/aromatic N) is 2. The van der Waals surface area contributed by atoms with Crippen molar-refractivity contribution in [3.8, 4) is 0 Å². The fourth-order valence-electron chi connectivity index (χ4n) is 4.30. The molecule has 0 aliphatic carbocycles. The molecule has 3 heterocycles. The molecule has 1 aromatic carbocycles. The van der Waals surface area contributed by atoms with Crippen LogP contribution in [-0.2, 0) is 22.5 Å². The van der Waals surface area contributed by atoms with Gasteiger partial charge in [-0.05, 0) is 54.3 Å². The van der Waals surface area contributed by atoms with Crippen LogP contribution >= 0.6 is 11.3 Å². The van der Waals surface area contributed by atoms with Crippen LogP contribution in [0.4, 0.5) is 0 Å². The van der Waals surface area contributed by atoms with E-state index < -0.39 is 0 Å². The number of carbonyl (C=O) groups is 1. The van der Waals surface area contributed by atoms with Crippen LogP contribution in [0.2, 0.25) is 0 Å². The maximum atomic E-state index is 12.5. The maximum absolute atomic E-state index is 12.5. The molecule has 0 radical (unpaired) electrons. The Labute approximate surface area is 165 Å². The summed E-state index contributed by atoms with van der Waals surface area (Å²) in [5.74, 6) is 0.249. The van der Waals surface area contributed by atoms with Crippen LogP contribution in [0.3, 0.4) is 0 Å². The number of likely N-dealkylation sites (N-methyl/N-ethyl adjacent to an activating group) is 1. The van der Waals surface area contributed by atoms with Gasteiger partial charge in [0, 0.05) is 25.7 Å². The lowest BCUT2D eigenvalue weighted by Gasteiger charge is -2.39. The Hall–Kier alpha value is -1.69. The van der Waals surface area contributed by atoms with Crippen molar-refractivity contribution in [2.24, 2.45) is 0 Å². The molecular weight excluding hydrogens is 356 g/mol. The smallest absolute Gasteiger partial charge is 0.227 e. The molecule has 0 N–H and O–H groups in total. The van der Waals surface area contributed by atoms with E-state index in [2.05, 4.69) is 47.7 Å². The van der Waals surface area contributed by atoms with Gasteiger partial charge in [-0.25, -0.2) is 0 Å². The maximum Gasteiger partial charge on any atom is 0.227 e. The summed E-state index contributed by atoms with van der Waals surface area (Å²) in [5.41, 5.74) is 2.44. The average Bonchev–Trinajstić information content (AvgIpc) is 3.34. The van der Waals surface area contributed by atoms with E-state index in [0.29, 0.717) is 12.5 Å². The van der Waals surface area contributed by atoms with Crippen LogP contribution in [-0.4, -0.2) is 54.1 Å². The number of likely N-dealkylation sites (tertiary alicyclic amines) is 1. The molecule has 1 aromatic heterocycles. The summed E-state index contributed by atoms with van der Waals surface area (Å²) in [4.78, 5) is 17.0. The first-order chi connectivity index (χ1) is 13.1. The van der Waals surface area contributed by atoms with Crippen molar-refractivity contribution in [3.05, 3.63) is 58.3 Å². The van der Waals surface area contributed by atoms with Gasteiger partial charge in [-0.3, -0.25) is 9.69 Å². The van der Waals surface area contributed by atoms with Crippen molar-refractivity contribution in [1.29, 1.82) is 0 Å². The van der Waals surface area contributed by atoms with Gasteiger partial charge in [0.05, 0.1) is 18.6 Å². The summed E-state index contributed by atoms with van der Waals surface area (Å²) in [5, 5.41) is 4.10. The van der Waals surface area contributed by atoms with E-state index in [1.165, 1.54) is 5.56 Å². The molecule has 2 fully saturated rings. The van der Waals surface area contributed by atoms with Crippen LogP contribution in [0, 0.1) is 0 Å². The van der Waals surface area contributed by atoms with E-state index in [-0.39, 0.29) is 11.5 Å². The Balaban J connectivity index is 1.28. The highest BCUT2D eigenvalue weighted by molar-refractivity contribution is 7.08. The average molecular weight is 385 g/mol. The Kier molecular flexibility index (Phi) is 5.62. The molecule has 4 rings (SSSR count). The highest BCUT2D eigenvalue weighted by Crippen LogP contribution is 2.37. The van der Waals surface area contributed by atoms with Crippen LogP contribution < -0.4 is 0 Å². The monoisotopic (exact) mass is 384 g/mol. The number of rotatable bonds is 5. The second kappa shape index (κ2) is 8.13. The van der Waals surface area contributed by atoms with Crippen LogP contribution in [0.1, 0.15) is 30.4 Å². The molecule has 27 heavy (non-hydrogen) atoms. The predicted molar refractivity (Wildman–Crippen MR) is 109 cm³/mol. The molecule has 2 aliphatic heterocycles. The topological polar surface area (TPSA) is 32.8 Å². The van der Waals surface area contributed by atoms with E-state index in [4.69, 9.17) is 4.74 Å². The molecule has 2 aliphatic rings. The second-order valence-corrected chi connectivity index (χ2v) is 8.72. The molecule has 0 unspecified atom stereocenters. The highest BCUT2D eigenvalue weighted by Gasteiger charge is 2.44. The molecule has 4 nitrogen and oxygen atoms in total. The zero-order valence-corrected chi connectivity index (χ0v) is 16.8. The quantitative estimate of drug-likeness (QED) is 0.790. The summed E-state index contributed by atoms with van der Waals surface area (Å²) in [6.07, 6.45) is 3.51. The van der Waals surface area contributed by atoms with E-state index >= 15 is 0 Å². The van der Waals surface area contributed by atoms with Gasteiger partial charge in [0.25, 0.3) is 0 Å². The number of hydrogen-bond acceptors (Lipinski definition) is 4. The lowest BCUT2D eigenvalue weighted by Crippen LogP contribution is -2.47. The molecule has 0 saturated carbocycles. The molecule has 5 heteroatoms. The SMILES string of the molecule is CN(Cc1ccccc1)[C@H]1COC2(CCN(C(=O)Cc3ccsc3)CC2)C1. The minimum Gasteiger partial charge on any atom is -0.373 e. The van der Waals surface area contributed by atoms with E-state index in [1.807, 2.05) is 16.3 Å². The lowest BCUT2D eigenvalue weighted by molar-refractivity contribution is -0.135. The number of amides is 1. The second-order valence-electron chi connectivity index (χ2n) is 7.94. The van der Waals surface area contributed by atoms with Gasteiger partial charge in [-0.2, -0.15) is 11.3 Å². The third-order valence-electron chi connectivity index (χ3n) is 6.05. The number of ether oxygens (including phenoxy) is 1. The van der Waals surface area contributed by atoms with Gasteiger partial charge < -0.3 is 9.64 Å². The zero-order chi connectivity index (χ0) is 18.7. The van der Waals surface area contributed by atoms with Crippen LogP contribution in [0.15, 0.2) is 47.2 Å². The summed E-state index contributed by atoms with van der Waals surface area (Å²) >= 11 is 1.65. The van der Waals surface area contributed by atoms with Crippen LogP contribution in [0.25, 0.3) is 0 Å². The van der Waals surface area contributed by atoms with Crippen molar-refractivity contribution >= 4 is 17.2 Å². The van der Waals surface area contributed by atoms with Crippen molar-refractivity contribution in [3.63, 3.8) is 0 Å². The minimum atomic E-state index is -0.0330. The first-order valence-corrected chi connectivity index (χ1v) is 10.7. The number of benzene rings is 1. The van der Waals surface area contributed by atoms with E-state index in [0.717, 1.165) is 51.1 Å². The molecule has 1 atom stereocenters. The van der Waals surface area contributed by atoms with Gasteiger partial charge in [0.15, 0.2) is 0 Å².